The van der Waals surface area contributed by atoms with Crippen molar-refractivity contribution >= 4 is 12.0 Å². The van der Waals surface area contributed by atoms with E-state index < -0.39 is 17.9 Å². The molecule has 0 saturated carbocycles. The molecule has 1 heterocycles. The third-order valence-corrected chi connectivity index (χ3v) is 3.22. The lowest BCUT2D eigenvalue weighted by Gasteiger charge is -2.15. The van der Waals surface area contributed by atoms with Gasteiger partial charge in [0.15, 0.2) is 0 Å². The summed E-state index contributed by atoms with van der Waals surface area (Å²) in [6.07, 6.45) is 0.527. The van der Waals surface area contributed by atoms with Crippen LogP contribution in [0.3, 0.4) is 0 Å². The van der Waals surface area contributed by atoms with Crippen molar-refractivity contribution in [1.29, 1.82) is 0 Å². The first kappa shape index (κ1) is 17.0. The molecule has 118 valence electrons. The highest BCUT2D eigenvalue weighted by molar-refractivity contribution is 5.75. The van der Waals surface area contributed by atoms with Crippen LogP contribution < -0.4 is 10.6 Å². The van der Waals surface area contributed by atoms with Crippen LogP contribution in [-0.2, 0) is 11.3 Å². The van der Waals surface area contributed by atoms with Gasteiger partial charge >= 0.3 is 12.0 Å². The Balaban J connectivity index is 2.41. The standard InChI is InChI=1S/C14H23N3O4/c1-8(2)5-11(13(18)19)6-15-14(20)16-7-12-9(3)17-21-10(12)4/h8,11H,5-7H2,1-4H3,(H,18,19)(H2,15,16,20). The van der Waals surface area contributed by atoms with Crippen LogP contribution in [0, 0.1) is 25.7 Å². The Labute approximate surface area is 124 Å². The minimum absolute atomic E-state index is 0.112. The smallest absolute Gasteiger partial charge is 0.315 e. The summed E-state index contributed by atoms with van der Waals surface area (Å²) in [6.45, 7) is 7.89. The molecule has 0 aromatic carbocycles. The number of carboxylic acids is 1. The van der Waals surface area contributed by atoms with Crippen molar-refractivity contribution in [3.05, 3.63) is 17.0 Å². The molecule has 0 aliphatic carbocycles. The maximum atomic E-state index is 11.7. The number of carbonyl (C=O) groups is 2. The van der Waals surface area contributed by atoms with E-state index in [2.05, 4.69) is 15.8 Å². The van der Waals surface area contributed by atoms with Crippen molar-refractivity contribution in [2.45, 2.75) is 40.7 Å². The molecule has 21 heavy (non-hydrogen) atoms. The second kappa shape index (κ2) is 7.66. The van der Waals surface area contributed by atoms with Gasteiger partial charge < -0.3 is 20.3 Å². The first-order chi connectivity index (χ1) is 9.81. The van der Waals surface area contributed by atoms with Gasteiger partial charge in [0.2, 0.25) is 0 Å². The zero-order chi connectivity index (χ0) is 16.0. The minimum Gasteiger partial charge on any atom is -0.481 e. The Bertz CT molecular complexity index is 477. The van der Waals surface area contributed by atoms with Crippen molar-refractivity contribution in [2.75, 3.05) is 6.54 Å². The number of hydrogen-bond donors (Lipinski definition) is 3. The molecular formula is C14H23N3O4. The second-order valence-corrected chi connectivity index (χ2v) is 5.53. The second-order valence-electron chi connectivity index (χ2n) is 5.53. The van der Waals surface area contributed by atoms with Crippen LogP contribution in [0.25, 0.3) is 0 Å². The van der Waals surface area contributed by atoms with E-state index in [9.17, 15) is 9.59 Å². The molecule has 7 nitrogen and oxygen atoms in total. The molecule has 1 aromatic heterocycles. The first-order valence-electron chi connectivity index (χ1n) is 6.97. The summed E-state index contributed by atoms with van der Waals surface area (Å²) in [4.78, 5) is 22.8. The van der Waals surface area contributed by atoms with Crippen LogP contribution in [0.15, 0.2) is 4.52 Å². The van der Waals surface area contributed by atoms with E-state index >= 15 is 0 Å². The Morgan fingerprint density at radius 3 is 2.43 bits per heavy atom. The summed E-state index contributed by atoms with van der Waals surface area (Å²) in [5.74, 6) is -0.543. The van der Waals surface area contributed by atoms with Crippen molar-refractivity contribution in [2.24, 2.45) is 11.8 Å². The lowest BCUT2D eigenvalue weighted by atomic mass is 9.97. The number of hydrogen-bond acceptors (Lipinski definition) is 4. The van der Waals surface area contributed by atoms with Crippen LogP contribution in [-0.4, -0.2) is 28.8 Å². The lowest BCUT2D eigenvalue weighted by molar-refractivity contribution is -0.142. The monoisotopic (exact) mass is 297 g/mol. The molecule has 0 saturated heterocycles. The van der Waals surface area contributed by atoms with Gasteiger partial charge in [-0.25, -0.2) is 4.79 Å². The topological polar surface area (TPSA) is 104 Å². The number of aromatic nitrogens is 1. The van der Waals surface area contributed by atoms with Crippen molar-refractivity contribution in [3.63, 3.8) is 0 Å². The van der Waals surface area contributed by atoms with Gasteiger partial charge in [-0.15, -0.1) is 0 Å². The van der Waals surface area contributed by atoms with Gasteiger partial charge in [-0.05, 0) is 26.2 Å². The summed E-state index contributed by atoms with van der Waals surface area (Å²) >= 11 is 0. The Morgan fingerprint density at radius 1 is 1.29 bits per heavy atom. The molecule has 0 fully saturated rings. The quantitative estimate of drug-likeness (QED) is 0.712. The third kappa shape index (κ3) is 5.45. The average molecular weight is 297 g/mol. The van der Waals surface area contributed by atoms with Crippen LogP contribution in [0.4, 0.5) is 4.79 Å². The highest BCUT2D eigenvalue weighted by Crippen LogP contribution is 2.12. The molecule has 1 atom stereocenters. The molecule has 1 unspecified atom stereocenters. The summed E-state index contributed by atoms with van der Waals surface area (Å²) in [5.41, 5.74) is 1.57. The van der Waals surface area contributed by atoms with Crippen LogP contribution in [0.5, 0.6) is 0 Å². The van der Waals surface area contributed by atoms with Crippen LogP contribution in [0.1, 0.15) is 37.3 Å². The third-order valence-electron chi connectivity index (χ3n) is 3.22. The molecular weight excluding hydrogens is 274 g/mol. The number of rotatable bonds is 7. The number of aryl methyl sites for hydroxylation is 2. The Kier molecular flexibility index (Phi) is 6.20. The summed E-state index contributed by atoms with van der Waals surface area (Å²) < 4.78 is 5.00. The summed E-state index contributed by atoms with van der Waals surface area (Å²) in [7, 11) is 0. The maximum Gasteiger partial charge on any atom is 0.315 e. The SMILES string of the molecule is Cc1noc(C)c1CNC(=O)NCC(CC(C)C)C(=O)O. The van der Waals surface area contributed by atoms with E-state index in [1.54, 1.807) is 13.8 Å². The zero-order valence-electron chi connectivity index (χ0n) is 12.9. The molecule has 1 aromatic rings. The molecule has 0 spiro atoms. The predicted molar refractivity (Wildman–Crippen MR) is 76.8 cm³/mol. The highest BCUT2D eigenvalue weighted by atomic mass is 16.5. The van der Waals surface area contributed by atoms with Gasteiger partial charge in [0.1, 0.15) is 5.76 Å². The summed E-state index contributed by atoms with van der Waals surface area (Å²) in [6, 6.07) is -0.398. The fraction of sp³-hybridized carbons (Fsp3) is 0.643. The molecule has 0 aliphatic heterocycles. The van der Waals surface area contributed by atoms with Gasteiger partial charge in [0.05, 0.1) is 11.6 Å². The van der Waals surface area contributed by atoms with E-state index in [1.807, 2.05) is 13.8 Å². The largest absolute Gasteiger partial charge is 0.481 e. The van der Waals surface area contributed by atoms with Gasteiger partial charge in [0.25, 0.3) is 0 Å². The number of aliphatic carboxylic acids is 1. The Hall–Kier alpha value is -2.05. The molecule has 3 N–H and O–H groups in total. The molecule has 0 bridgehead atoms. The normalized spacial score (nSPS) is 12.2. The minimum atomic E-state index is -0.894. The number of carboxylic acid groups (broad SMARTS) is 1. The molecule has 2 amide bonds. The van der Waals surface area contributed by atoms with Gasteiger partial charge in [-0.2, -0.15) is 0 Å². The fourth-order valence-electron chi connectivity index (χ4n) is 2.04. The van der Waals surface area contributed by atoms with E-state index in [0.717, 1.165) is 11.3 Å². The maximum absolute atomic E-state index is 11.7. The van der Waals surface area contributed by atoms with E-state index in [0.29, 0.717) is 18.7 Å². The van der Waals surface area contributed by atoms with Crippen molar-refractivity contribution in [3.8, 4) is 0 Å². The highest BCUT2D eigenvalue weighted by Gasteiger charge is 2.19. The van der Waals surface area contributed by atoms with Gasteiger partial charge in [0, 0.05) is 18.7 Å². The number of nitrogens with one attached hydrogen (secondary N) is 2. The van der Waals surface area contributed by atoms with Gasteiger partial charge in [-0.3, -0.25) is 4.79 Å². The van der Waals surface area contributed by atoms with E-state index in [1.165, 1.54) is 0 Å². The number of amides is 2. The van der Waals surface area contributed by atoms with Gasteiger partial charge in [-0.1, -0.05) is 19.0 Å². The molecule has 1 rings (SSSR count). The Morgan fingerprint density at radius 2 is 1.95 bits per heavy atom. The number of carbonyl (C=O) groups excluding carboxylic acids is 1. The number of nitrogens with zero attached hydrogens (tertiary/aromatic N) is 1. The summed E-state index contributed by atoms with van der Waals surface area (Å²) in [5, 5.41) is 18.2. The molecule has 0 aliphatic rings. The van der Waals surface area contributed by atoms with Crippen molar-refractivity contribution < 1.29 is 19.2 Å². The van der Waals surface area contributed by atoms with Crippen molar-refractivity contribution in [1.82, 2.24) is 15.8 Å². The lowest BCUT2D eigenvalue weighted by Crippen LogP contribution is -2.40. The van der Waals surface area contributed by atoms with E-state index in [4.69, 9.17) is 9.63 Å². The van der Waals surface area contributed by atoms with Crippen LogP contribution in [0.2, 0.25) is 0 Å². The molecule has 7 heteroatoms. The molecule has 0 radical (unpaired) electrons. The fourth-order valence-corrected chi connectivity index (χ4v) is 2.04. The zero-order valence-corrected chi connectivity index (χ0v) is 12.9. The first-order valence-corrected chi connectivity index (χ1v) is 6.97. The number of urea groups is 1. The predicted octanol–water partition coefficient (Wildman–Crippen LogP) is 1.84. The van der Waals surface area contributed by atoms with E-state index in [-0.39, 0.29) is 12.5 Å². The van der Waals surface area contributed by atoms with Crippen LogP contribution >= 0.6 is 0 Å². The average Bonchev–Trinajstić information content (AvgIpc) is 2.71.